The number of ether oxygens (including phenoxy) is 1. The highest BCUT2D eigenvalue weighted by atomic mass is 35.5. The van der Waals surface area contributed by atoms with Crippen LogP contribution < -0.4 is 5.32 Å². The molecule has 1 aliphatic heterocycles. The SMILES string of the molecule is CC1(CNCc2ccc(Cl)cc2)CCOCC1. The lowest BCUT2D eigenvalue weighted by molar-refractivity contribution is 0.0240. The molecule has 0 aliphatic carbocycles. The van der Waals surface area contributed by atoms with Crippen molar-refractivity contribution in [2.24, 2.45) is 5.41 Å². The van der Waals surface area contributed by atoms with Crippen molar-refractivity contribution in [1.29, 1.82) is 0 Å². The number of rotatable bonds is 4. The van der Waals surface area contributed by atoms with Gasteiger partial charge in [0.25, 0.3) is 0 Å². The molecule has 2 rings (SSSR count). The maximum Gasteiger partial charge on any atom is 0.0471 e. The standard InChI is InChI=1S/C14H20ClNO/c1-14(6-8-17-9-7-14)11-16-10-12-2-4-13(15)5-3-12/h2-5,16H,6-11H2,1H3. The van der Waals surface area contributed by atoms with E-state index in [1.165, 1.54) is 5.56 Å². The highest BCUT2D eigenvalue weighted by Crippen LogP contribution is 2.28. The average Bonchev–Trinajstić information content (AvgIpc) is 2.32. The normalized spacial score (nSPS) is 19.2. The second-order valence-electron chi connectivity index (χ2n) is 5.15. The van der Waals surface area contributed by atoms with E-state index in [9.17, 15) is 0 Å². The Kier molecular flexibility index (Phi) is 4.43. The van der Waals surface area contributed by atoms with Gasteiger partial charge in [0.15, 0.2) is 0 Å². The number of benzene rings is 1. The molecule has 1 N–H and O–H groups in total. The second kappa shape index (κ2) is 5.85. The summed E-state index contributed by atoms with van der Waals surface area (Å²) in [7, 11) is 0. The van der Waals surface area contributed by atoms with Crippen LogP contribution in [-0.2, 0) is 11.3 Å². The smallest absolute Gasteiger partial charge is 0.0471 e. The maximum absolute atomic E-state index is 5.86. The summed E-state index contributed by atoms with van der Waals surface area (Å²) < 4.78 is 5.40. The van der Waals surface area contributed by atoms with Gasteiger partial charge in [-0.05, 0) is 36.0 Å². The predicted octanol–water partition coefficient (Wildman–Crippen LogP) is 3.25. The van der Waals surface area contributed by atoms with Gasteiger partial charge in [0.1, 0.15) is 0 Å². The first-order valence-corrected chi connectivity index (χ1v) is 6.59. The Morgan fingerprint density at radius 3 is 2.53 bits per heavy atom. The van der Waals surface area contributed by atoms with Crippen molar-refractivity contribution in [3.05, 3.63) is 34.9 Å². The molecule has 3 heteroatoms. The Hall–Kier alpha value is -0.570. The van der Waals surface area contributed by atoms with E-state index < -0.39 is 0 Å². The predicted molar refractivity (Wildman–Crippen MR) is 71.3 cm³/mol. The van der Waals surface area contributed by atoms with Crippen LogP contribution in [0.4, 0.5) is 0 Å². The number of hydrogen-bond acceptors (Lipinski definition) is 2. The Balaban J connectivity index is 1.77. The lowest BCUT2D eigenvalue weighted by Crippen LogP contribution is -2.36. The minimum Gasteiger partial charge on any atom is -0.381 e. The summed E-state index contributed by atoms with van der Waals surface area (Å²) in [6.07, 6.45) is 2.31. The van der Waals surface area contributed by atoms with Gasteiger partial charge in [0, 0.05) is 31.3 Å². The Morgan fingerprint density at radius 1 is 1.24 bits per heavy atom. The first kappa shape index (κ1) is 12.9. The molecule has 0 aromatic heterocycles. The third-order valence-corrected chi connectivity index (χ3v) is 3.75. The highest BCUT2D eigenvalue weighted by Gasteiger charge is 2.26. The first-order chi connectivity index (χ1) is 8.18. The number of hydrogen-bond donors (Lipinski definition) is 1. The van der Waals surface area contributed by atoms with Crippen LogP contribution in [0.15, 0.2) is 24.3 Å². The molecule has 0 atom stereocenters. The fourth-order valence-corrected chi connectivity index (χ4v) is 2.28. The van der Waals surface area contributed by atoms with E-state index in [2.05, 4.69) is 24.4 Å². The molecule has 0 radical (unpaired) electrons. The monoisotopic (exact) mass is 253 g/mol. The quantitative estimate of drug-likeness (QED) is 0.890. The van der Waals surface area contributed by atoms with E-state index in [-0.39, 0.29) is 0 Å². The van der Waals surface area contributed by atoms with Crippen LogP contribution in [0.3, 0.4) is 0 Å². The van der Waals surface area contributed by atoms with Crippen molar-refractivity contribution in [2.75, 3.05) is 19.8 Å². The fourth-order valence-electron chi connectivity index (χ4n) is 2.15. The van der Waals surface area contributed by atoms with E-state index in [4.69, 9.17) is 16.3 Å². The molecule has 94 valence electrons. The molecule has 2 nitrogen and oxygen atoms in total. The molecule has 0 bridgehead atoms. The zero-order valence-corrected chi connectivity index (χ0v) is 11.1. The number of halogens is 1. The third-order valence-electron chi connectivity index (χ3n) is 3.49. The van der Waals surface area contributed by atoms with Crippen molar-refractivity contribution in [3.63, 3.8) is 0 Å². The van der Waals surface area contributed by atoms with E-state index in [0.717, 1.165) is 44.2 Å². The molecular weight excluding hydrogens is 234 g/mol. The van der Waals surface area contributed by atoms with E-state index in [0.29, 0.717) is 5.41 Å². The summed E-state index contributed by atoms with van der Waals surface area (Å²) in [5.74, 6) is 0. The van der Waals surface area contributed by atoms with Crippen LogP contribution in [0.2, 0.25) is 5.02 Å². The zero-order valence-electron chi connectivity index (χ0n) is 10.3. The molecular formula is C14H20ClNO. The molecule has 0 unspecified atom stereocenters. The average molecular weight is 254 g/mol. The zero-order chi connectivity index (χ0) is 12.1. The number of nitrogens with one attached hydrogen (secondary N) is 1. The van der Waals surface area contributed by atoms with Gasteiger partial charge in [-0.3, -0.25) is 0 Å². The summed E-state index contributed by atoms with van der Waals surface area (Å²) >= 11 is 5.86. The Morgan fingerprint density at radius 2 is 1.88 bits per heavy atom. The summed E-state index contributed by atoms with van der Waals surface area (Å²) in [4.78, 5) is 0. The lowest BCUT2D eigenvalue weighted by atomic mass is 9.82. The van der Waals surface area contributed by atoms with Gasteiger partial charge in [-0.15, -0.1) is 0 Å². The first-order valence-electron chi connectivity index (χ1n) is 6.21. The largest absolute Gasteiger partial charge is 0.381 e. The minimum atomic E-state index is 0.394. The summed E-state index contributed by atoms with van der Waals surface area (Å²) in [6, 6.07) is 8.02. The van der Waals surface area contributed by atoms with Crippen molar-refractivity contribution >= 4 is 11.6 Å². The molecule has 0 amide bonds. The minimum absolute atomic E-state index is 0.394. The summed E-state index contributed by atoms with van der Waals surface area (Å²) in [5, 5.41) is 4.33. The van der Waals surface area contributed by atoms with E-state index >= 15 is 0 Å². The van der Waals surface area contributed by atoms with Crippen LogP contribution in [-0.4, -0.2) is 19.8 Å². The van der Waals surface area contributed by atoms with Crippen LogP contribution in [0, 0.1) is 5.41 Å². The molecule has 1 aliphatic rings. The topological polar surface area (TPSA) is 21.3 Å². The van der Waals surface area contributed by atoms with E-state index in [1.54, 1.807) is 0 Å². The van der Waals surface area contributed by atoms with Gasteiger partial charge in [-0.1, -0.05) is 30.7 Å². The van der Waals surface area contributed by atoms with Gasteiger partial charge in [-0.25, -0.2) is 0 Å². The van der Waals surface area contributed by atoms with Crippen molar-refractivity contribution in [3.8, 4) is 0 Å². The molecule has 0 saturated carbocycles. The Labute approximate surface area is 108 Å². The molecule has 1 saturated heterocycles. The van der Waals surface area contributed by atoms with Crippen molar-refractivity contribution in [2.45, 2.75) is 26.3 Å². The second-order valence-corrected chi connectivity index (χ2v) is 5.59. The van der Waals surface area contributed by atoms with Gasteiger partial charge < -0.3 is 10.1 Å². The summed E-state index contributed by atoms with van der Waals surface area (Å²) in [5.41, 5.74) is 1.68. The maximum atomic E-state index is 5.86. The van der Waals surface area contributed by atoms with Crippen LogP contribution in [0.5, 0.6) is 0 Å². The molecule has 1 aromatic carbocycles. The van der Waals surface area contributed by atoms with Crippen molar-refractivity contribution in [1.82, 2.24) is 5.32 Å². The van der Waals surface area contributed by atoms with Crippen LogP contribution >= 0.6 is 11.6 Å². The third kappa shape index (κ3) is 3.98. The molecule has 1 aromatic rings. The van der Waals surface area contributed by atoms with Gasteiger partial charge >= 0.3 is 0 Å². The molecule has 1 fully saturated rings. The summed E-state index contributed by atoms with van der Waals surface area (Å²) in [6.45, 7) is 6.11. The lowest BCUT2D eigenvalue weighted by Gasteiger charge is -2.33. The van der Waals surface area contributed by atoms with Crippen molar-refractivity contribution < 1.29 is 4.74 Å². The Bertz CT molecular complexity index is 344. The molecule has 0 spiro atoms. The van der Waals surface area contributed by atoms with Gasteiger partial charge in [0.2, 0.25) is 0 Å². The van der Waals surface area contributed by atoms with Gasteiger partial charge in [-0.2, -0.15) is 0 Å². The van der Waals surface area contributed by atoms with Gasteiger partial charge in [0.05, 0.1) is 0 Å². The molecule has 17 heavy (non-hydrogen) atoms. The van der Waals surface area contributed by atoms with Crippen LogP contribution in [0.1, 0.15) is 25.3 Å². The van der Waals surface area contributed by atoms with Crippen LogP contribution in [0.25, 0.3) is 0 Å². The fraction of sp³-hybridized carbons (Fsp3) is 0.571. The van der Waals surface area contributed by atoms with E-state index in [1.807, 2.05) is 12.1 Å². The molecule has 1 heterocycles. The highest BCUT2D eigenvalue weighted by molar-refractivity contribution is 6.30.